The van der Waals surface area contributed by atoms with Crippen LogP contribution in [0.15, 0.2) is 72.9 Å². The number of ether oxygens (including phenoxy) is 3. The Balaban J connectivity index is 1.66. The van der Waals surface area contributed by atoms with Crippen LogP contribution in [-0.4, -0.2) is 28.8 Å². The first-order valence-electron chi connectivity index (χ1n) is 12.1. The molecule has 192 valence electrons. The monoisotopic (exact) mass is 516 g/mol. The van der Waals surface area contributed by atoms with Crippen molar-refractivity contribution in [2.24, 2.45) is 0 Å². The fourth-order valence-electron chi connectivity index (χ4n) is 4.26. The van der Waals surface area contributed by atoms with E-state index >= 15 is 0 Å². The largest absolute Gasteiger partial charge is 0.493 e. The Morgan fingerprint density at radius 1 is 0.872 bits per heavy atom. The zero-order valence-electron chi connectivity index (χ0n) is 21.6. The molecule has 0 aliphatic rings. The van der Waals surface area contributed by atoms with Crippen molar-refractivity contribution < 1.29 is 14.2 Å². The standard InChI is InChI=1S/C30H24N6O3/c1-19-17-36(18-21-7-5-4-6-8-21)27-26(19)34-30(33-23-11-9-20(15-31)10-12-23)35-29(27)39-28-24(37-2)13-22(16-32)14-25(28)38-3/h4-14,17H,18H2,1-3H3,(H,33,34,35). The molecule has 39 heavy (non-hydrogen) atoms. The molecule has 5 aromatic rings. The highest BCUT2D eigenvalue weighted by molar-refractivity contribution is 5.86. The van der Waals surface area contributed by atoms with Crippen LogP contribution < -0.4 is 19.5 Å². The van der Waals surface area contributed by atoms with Crippen molar-refractivity contribution in [3.05, 3.63) is 95.2 Å². The lowest BCUT2D eigenvalue weighted by atomic mass is 10.2. The summed E-state index contributed by atoms with van der Waals surface area (Å²) in [6, 6.07) is 24.5. The third-order valence-corrected chi connectivity index (χ3v) is 6.12. The van der Waals surface area contributed by atoms with Crippen molar-refractivity contribution in [1.82, 2.24) is 14.5 Å². The number of benzene rings is 3. The highest BCUT2D eigenvalue weighted by Crippen LogP contribution is 2.43. The predicted molar refractivity (Wildman–Crippen MR) is 147 cm³/mol. The van der Waals surface area contributed by atoms with Gasteiger partial charge in [-0.25, -0.2) is 4.98 Å². The van der Waals surface area contributed by atoms with Crippen LogP contribution in [0.4, 0.5) is 11.6 Å². The Labute approximate surface area is 225 Å². The van der Waals surface area contributed by atoms with Gasteiger partial charge in [0.2, 0.25) is 17.6 Å². The average Bonchev–Trinajstić information content (AvgIpc) is 3.28. The van der Waals surface area contributed by atoms with Gasteiger partial charge < -0.3 is 24.1 Å². The molecule has 0 radical (unpaired) electrons. The first-order chi connectivity index (χ1) is 19.0. The molecule has 0 spiro atoms. The molecule has 9 nitrogen and oxygen atoms in total. The minimum absolute atomic E-state index is 0.279. The van der Waals surface area contributed by atoms with E-state index in [0.29, 0.717) is 51.8 Å². The minimum Gasteiger partial charge on any atom is -0.493 e. The van der Waals surface area contributed by atoms with Gasteiger partial charge >= 0.3 is 0 Å². The Hall–Kier alpha value is -5.54. The highest BCUT2D eigenvalue weighted by atomic mass is 16.5. The minimum atomic E-state index is 0.279. The second kappa shape index (κ2) is 10.8. The van der Waals surface area contributed by atoms with Gasteiger partial charge in [-0.2, -0.15) is 15.5 Å². The molecule has 0 atom stereocenters. The number of fused-ring (bicyclic) bond motifs is 1. The van der Waals surface area contributed by atoms with Crippen molar-refractivity contribution in [2.75, 3.05) is 19.5 Å². The normalized spacial score (nSPS) is 10.5. The lowest BCUT2D eigenvalue weighted by molar-refractivity contribution is 0.343. The molecular formula is C30H24N6O3. The van der Waals surface area contributed by atoms with Gasteiger partial charge in [0.05, 0.1) is 37.5 Å². The van der Waals surface area contributed by atoms with Crippen LogP contribution in [0.3, 0.4) is 0 Å². The van der Waals surface area contributed by atoms with Gasteiger partial charge in [0.25, 0.3) is 0 Å². The van der Waals surface area contributed by atoms with E-state index in [-0.39, 0.29) is 11.6 Å². The number of methoxy groups -OCH3 is 2. The molecule has 5 rings (SSSR count). The molecule has 0 saturated heterocycles. The maximum Gasteiger partial charge on any atom is 0.249 e. The Kier molecular flexibility index (Phi) is 6.98. The summed E-state index contributed by atoms with van der Waals surface area (Å²) < 4.78 is 19.6. The second-order valence-corrected chi connectivity index (χ2v) is 8.71. The van der Waals surface area contributed by atoms with Crippen molar-refractivity contribution in [3.8, 4) is 35.3 Å². The quantitative estimate of drug-likeness (QED) is 0.263. The molecule has 0 saturated carbocycles. The van der Waals surface area contributed by atoms with Gasteiger partial charge in [0.1, 0.15) is 11.0 Å². The summed E-state index contributed by atoms with van der Waals surface area (Å²) in [5.41, 5.74) is 5.08. The molecule has 9 heteroatoms. The second-order valence-electron chi connectivity index (χ2n) is 8.71. The predicted octanol–water partition coefficient (Wildman–Crippen LogP) is 6.08. The summed E-state index contributed by atoms with van der Waals surface area (Å²) in [5.74, 6) is 1.54. The summed E-state index contributed by atoms with van der Waals surface area (Å²) >= 11 is 0. The molecule has 0 amide bonds. The number of hydrogen-bond acceptors (Lipinski definition) is 8. The molecule has 0 bridgehead atoms. The first-order valence-corrected chi connectivity index (χ1v) is 12.1. The van der Waals surface area contributed by atoms with Crippen molar-refractivity contribution in [3.63, 3.8) is 0 Å². The Morgan fingerprint density at radius 3 is 2.15 bits per heavy atom. The van der Waals surface area contributed by atoms with Crippen molar-refractivity contribution in [1.29, 1.82) is 10.5 Å². The maximum absolute atomic E-state index is 9.44. The topological polar surface area (TPSA) is 118 Å². The summed E-state index contributed by atoms with van der Waals surface area (Å²) in [6.07, 6.45) is 2.01. The smallest absolute Gasteiger partial charge is 0.249 e. The van der Waals surface area contributed by atoms with Gasteiger partial charge in [-0.3, -0.25) is 0 Å². The number of nitriles is 2. The number of anilines is 2. The van der Waals surface area contributed by atoms with Crippen LogP contribution in [0.1, 0.15) is 22.3 Å². The van der Waals surface area contributed by atoms with E-state index in [4.69, 9.17) is 29.4 Å². The van der Waals surface area contributed by atoms with Crippen molar-refractivity contribution >= 4 is 22.7 Å². The average molecular weight is 517 g/mol. The summed E-state index contributed by atoms with van der Waals surface area (Å²) in [4.78, 5) is 9.53. The number of rotatable bonds is 8. The Bertz CT molecular complexity index is 1710. The molecule has 0 fully saturated rings. The van der Waals surface area contributed by atoms with E-state index in [9.17, 15) is 5.26 Å². The van der Waals surface area contributed by atoms with E-state index in [2.05, 4.69) is 29.6 Å². The highest BCUT2D eigenvalue weighted by Gasteiger charge is 2.22. The van der Waals surface area contributed by atoms with Crippen LogP contribution in [0.5, 0.6) is 23.1 Å². The first kappa shape index (κ1) is 25.1. The van der Waals surface area contributed by atoms with Crippen LogP contribution in [0, 0.1) is 29.6 Å². The van der Waals surface area contributed by atoms with Gasteiger partial charge in [0.15, 0.2) is 11.5 Å². The molecule has 2 heterocycles. The molecular weight excluding hydrogens is 492 g/mol. The van der Waals surface area contributed by atoms with E-state index in [1.165, 1.54) is 14.2 Å². The third-order valence-electron chi connectivity index (χ3n) is 6.12. The number of nitrogens with one attached hydrogen (secondary N) is 1. The third kappa shape index (κ3) is 5.15. The number of hydrogen-bond donors (Lipinski definition) is 1. The van der Waals surface area contributed by atoms with Crippen LogP contribution in [0.25, 0.3) is 11.0 Å². The zero-order chi connectivity index (χ0) is 27.4. The van der Waals surface area contributed by atoms with E-state index in [1.54, 1.807) is 36.4 Å². The molecule has 1 N–H and O–H groups in total. The van der Waals surface area contributed by atoms with Crippen LogP contribution >= 0.6 is 0 Å². The maximum atomic E-state index is 9.44. The number of aromatic nitrogens is 3. The Morgan fingerprint density at radius 2 is 1.54 bits per heavy atom. The molecule has 3 aromatic carbocycles. The number of nitrogens with zero attached hydrogens (tertiary/aromatic N) is 5. The summed E-state index contributed by atoms with van der Waals surface area (Å²) in [7, 11) is 3.00. The van der Waals surface area contributed by atoms with Crippen molar-refractivity contribution in [2.45, 2.75) is 13.5 Å². The number of aryl methyl sites for hydroxylation is 1. The van der Waals surface area contributed by atoms with Crippen LogP contribution in [0.2, 0.25) is 0 Å². The van der Waals surface area contributed by atoms with Gasteiger partial charge in [-0.1, -0.05) is 30.3 Å². The van der Waals surface area contributed by atoms with Crippen LogP contribution in [-0.2, 0) is 6.54 Å². The van der Waals surface area contributed by atoms with Gasteiger partial charge in [-0.15, -0.1) is 0 Å². The van der Waals surface area contributed by atoms with E-state index in [1.807, 2.05) is 35.9 Å². The lowest BCUT2D eigenvalue weighted by Crippen LogP contribution is -2.05. The molecule has 0 unspecified atom stereocenters. The fraction of sp³-hybridized carbons (Fsp3) is 0.133. The van der Waals surface area contributed by atoms with Gasteiger partial charge in [-0.05, 0) is 42.3 Å². The summed E-state index contributed by atoms with van der Waals surface area (Å²) in [6.45, 7) is 2.56. The SMILES string of the molecule is COc1cc(C#N)cc(OC)c1Oc1nc(Nc2ccc(C#N)cc2)nc2c(C)cn(Cc3ccccc3)c12. The summed E-state index contributed by atoms with van der Waals surface area (Å²) in [5, 5.41) is 21.8. The van der Waals surface area contributed by atoms with E-state index in [0.717, 1.165) is 11.1 Å². The molecule has 0 aliphatic heterocycles. The van der Waals surface area contributed by atoms with Gasteiger partial charge in [0, 0.05) is 30.6 Å². The molecule has 0 aliphatic carbocycles. The molecule has 2 aromatic heterocycles. The fourth-order valence-corrected chi connectivity index (χ4v) is 4.26. The zero-order valence-corrected chi connectivity index (χ0v) is 21.6. The van der Waals surface area contributed by atoms with E-state index < -0.39 is 0 Å². The lowest BCUT2D eigenvalue weighted by Gasteiger charge is -2.16.